The smallest absolute Gasteiger partial charge is 0.338 e. The highest BCUT2D eigenvalue weighted by Crippen LogP contribution is 2.45. The van der Waals surface area contributed by atoms with Crippen LogP contribution < -0.4 is 0 Å². The molecule has 0 saturated carbocycles. The van der Waals surface area contributed by atoms with Gasteiger partial charge in [-0.25, -0.2) is 14.8 Å². The Kier molecular flexibility index (Phi) is 4.37. The van der Waals surface area contributed by atoms with Crippen molar-refractivity contribution in [3.8, 4) is 10.6 Å². The molecule has 0 bridgehead atoms. The molecular weight excluding hydrogens is 414 g/mol. The molecule has 152 valence electrons. The lowest BCUT2D eigenvalue weighted by Crippen LogP contribution is -2.12. The molecular formula is C23H15N3O4S. The van der Waals surface area contributed by atoms with E-state index in [2.05, 4.69) is 34.0 Å². The summed E-state index contributed by atoms with van der Waals surface area (Å²) in [5.74, 6) is -0.631. The summed E-state index contributed by atoms with van der Waals surface area (Å²) in [5, 5.41) is 12.1. The van der Waals surface area contributed by atoms with E-state index in [1.807, 2.05) is 30.3 Å². The number of benzene rings is 2. The van der Waals surface area contributed by atoms with Crippen LogP contribution in [0.3, 0.4) is 0 Å². The van der Waals surface area contributed by atoms with Gasteiger partial charge in [-0.05, 0) is 29.8 Å². The average molecular weight is 429 g/mol. The second-order valence-corrected chi connectivity index (χ2v) is 8.07. The summed E-state index contributed by atoms with van der Waals surface area (Å²) in [5.41, 5.74) is 2.63. The quantitative estimate of drug-likeness (QED) is 0.194. The maximum atomic E-state index is 11.8. The molecule has 0 amide bonds. The number of ether oxygens (including phenoxy) is 1. The van der Waals surface area contributed by atoms with Gasteiger partial charge in [0.15, 0.2) is 0 Å². The van der Waals surface area contributed by atoms with Crippen LogP contribution in [0.25, 0.3) is 20.9 Å². The van der Waals surface area contributed by atoms with Crippen LogP contribution in [0.1, 0.15) is 21.6 Å². The van der Waals surface area contributed by atoms with E-state index in [-0.39, 0.29) is 16.7 Å². The Bertz CT molecular complexity index is 1370. The van der Waals surface area contributed by atoms with Crippen molar-refractivity contribution in [1.29, 1.82) is 0 Å². The molecule has 1 aliphatic carbocycles. The number of carbonyl (C=O) groups is 1. The number of fused-ring (bicyclic) bond motifs is 1. The second kappa shape index (κ2) is 7.10. The standard InChI is InChI=1S/C23H15N3O4S/c1-30-22(27)14-7-8-16(18(13-14)26(28)29)20-24-17-9-10-19(25-21(17)31-20)23(11-12-23)15-5-3-2-4-6-15/h2-13H,1H3. The Morgan fingerprint density at radius 2 is 1.84 bits per heavy atom. The van der Waals surface area contributed by atoms with Gasteiger partial charge in [0, 0.05) is 6.07 Å². The lowest BCUT2D eigenvalue weighted by atomic mass is 9.89. The molecule has 0 saturated heterocycles. The molecule has 0 fully saturated rings. The van der Waals surface area contributed by atoms with Crippen molar-refractivity contribution in [3.63, 3.8) is 0 Å². The van der Waals surface area contributed by atoms with Gasteiger partial charge >= 0.3 is 5.97 Å². The minimum absolute atomic E-state index is 0.115. The number of aromatic nitrogens is 2. The van der Waals surface area contributed by atoms with Gasteiger partial charge in [-0.3, -0.25) is 10.1 Å². The van der Waals surface area contributed by atoms with Crippen molar-refractivity contribution in [3.05, 3.63) is 99.8 Å². The average Bonchev–Trinajstić information content (AvgIpc) is 3.51. The zero-order valence-electron chi connectivity index (χ0n) is 16.3. The zero-order valence-corrected chi connectivity index (χ0v) is 17.1. The largest absolute Gasteiger partial charge is 0.465 e. The summed E-state index contributed by atoms with van der Waals surface area (Å²) in [7, 11) is 1.23. The number of rotatable bonds is 5. The van der Waals surface area contributed by atoms with Crippen LogP contribution in [0.4, 0.5) is 5.69 Å². The summed E-state index contributed by atoms with van der Waals surface area (Å²) in [6.07, 6.45) is 4.21. The molecule has 2 heterocycles. The molecule has 7 nitrogen and oxygen atoms in total. The number of hydrogen-bond donors (Lipinski definition) is 0. The Balaban J connectivity index is 1.57. The topological polar surface area (TPSA) is 95.2 Å². The fraction of sp³-hybridized carbons (Fsp3) is 0.0870. The van der Waals surface area contributed by atoms with Gasteiger partial charge in [0.2, 0.25) is 0 Å². The van der Waals surface area contributed by atoms with Crippen LogP contribution in [0.15, 0.2) is 72.8 Å². The molecule has 0 aliphatic heterocycles. The molecule has 4 aromatic rings. The molecule has 31 heavy (non-hydrogen) atoms. The predicted octanol–water partition coefficient (Wildman–Crippen LogP) is 4.91. The molecule has 8 heteroatoms. The predicted molar refractivity (Wildman–Crippen MR) is 117 cm³/mol. The van der Waals surface area contributed by atoms with E-state index in [9.17, 15) is 14.9 Å². The lowest BCUT2D eigenvalue weighted by molar-refractivity contribution is -0.384. The number of carbonyl (C=O) groups excluding carboxylic acids is 1. The van der Waals surface area contributed by atoms with Crippen molar-refractivity contribution >= 4 is 33.3 Å². The maximum absolute atomic E-state index is 11.8. The fourth-order valence-electron chi connectivity index (χ4n) is 3.58. The number of pyridine rings is 1. The minimum Gasteiger partial charge on any atom is -0.465 e. The van der Waals surface area contributed by atoms with E-state index in [1.165, 1.54) is 36.6 Å². The van der Waals surface area contributed by atoms with Crippen molar-refractivity contribution < 1.29 is 14.5 Å². The molecule has 1 aliphatic rings. The number of methoxy groups -OCH3 is 1. The lowest BCUT2D eigenvalue weighted by Gasteiger charge is -2.15. The van der Waals surface area contributed by atoms with Gasteiger partial charge in [0.25, 0.3) is 5.69 Å². The molecule has 2 aromatic heterocycles. The number of nitro benzene ring substituents is 1. The van der Waals surface area contributed by atoms with E-state index in [4.69, 9.17) is 4.98 Å². The number of nitrogens with zero attached hydrogens (tertiary/aromatic N) is 3. The van der Waals surface area contributed by atoms with Crippen LogP contribution in [0, 0.1) is 10.1 Å². The van der Waals surface area contributed by atoms with E-state index in [0.29, 0.717) is 20.9 Å². The van der Waals surface area contributed by atoms with Gasteiger partial charge in [-0.1, -0.05) is 53.8 Å². The van der Waals surface area contributed by atoms with Crippen LogP contribution in [0.2, 0.25) is 0 Å². The first-order valence-corrected chi connectivity index (χ1v) is 10.2. The van der Waals surface area contributed by atoms with Crippen LogP contribution >= 0.6 is 11.3 Å². The van der Waals surface area contributed by atoms with E-state index in [1.54, 1.807) is 0 Å². The molecule has 2 aromatic carbocycles. The Morgan fingerprint density at radius 3 is 2.52 bits per heavy atom. The third-order valence-corrected chi connectivity index (χ3v) is 6.28. The number of nitro groups is 1. The Morgan fingerprint density at radius 1 is 1.06 bits per heavy atom. The minimum atomic E-state index is -0.631. The van der Waals surface area contributed by atoms with Crippen molar-refractivity contribution in [1.82, 2.24) is 9.97 Å². The highest BCUT2D eigenvalue weighted by molar-refractivity contribution is 7.21. The molecule has 0 radical (unpaired) electrons. The Labute approximate surface area is 180 Å². The third-order valence-electron chi connectivity index (χ3n) is 5.28. The van der Waals surface area contributed by atoms with Gasteiger partial charge in [-0.2, -0.15) is 0 Å². The number of esters is 1. The normalized spacial score (nSPS) is 13.8. The van der Waals surface area contributed by atoms with Crippen molar-refractivity contribution in [2.24, 2.45) is 0 Å². The third kappa shape index (κ3) is 3.17. The molecule has 5 rings (SSSR count). The fourth-order valence-corrected chi connectivity index (χ4v) is 4.55. The van der Waals surface area contributed by atoms with E-state index < -0.39 is 10.9 Å². The van der Waals surface area contributed by atoms with Gasteiger partial charge < -0.3 is 4.74 Å². The number of hydrogen-bond acceptors (Lipinski definition) is 7. The summed E-state index contributed by atoms with van der Waals surface area (Å²) < 4.78 is 4.66. The summed E-state index contributed by atoms with van der Waals surface area (Å²) in [6, 6.07) is 18.2. The van der Waals surface area contributed by atoms with E-state index >= 15 is 0 Å². The first-order chi connectivity index (χ1) is 15.0. The van der Waals surface area contributed by atoms with Gasteiger partial charge in [0.1, 0.15) is 15.4 Å². The second-order valence-electron chi connectivity index (χ2n) is 7.09. The summed E-state index contributed by atoms with van der Waals surface area (Å²) in [4.78, 5) is 32.9. The first-order valence-electron chi connectivity index (χ1n) is 9.43. The number of allylic oxidation sites excluding steroid dienone is 2. The Hall–Kier alpha value is -3.91. The molecule has 0 N–H and O–H groups in total. The highest BCUT2D eigenvalue weighted by Gasteiger charge is 2.39. The molecule has 0 atom stereocenters. The zero-order chi connectivity index (χ0) is 21.6. The van der Waals surface area contributed by atoms with Crippen molar-refractivity contribution in [2.75, 3.05) is 7.11 Å². The van der Waals surface area contributed by atoms with Crippen LogP contribution in [-0.4, -0.2) is 28.0 Å². The summed E-state index contributed by atoms with van der Waals surface area (Å²) in [6.45, 7) is 0. The SMILES string of the molecule is COC(=O)c1ccc(-c2nc3ccc(C4(c5ccccc5)C=C4)nc3s2)c([N+](=O)[O-])c1. The molecule has 0 unspecified atom stereocenters. The molecule has 0 spiro atoms. The van der Waals surface area contributed by atoms with Gasteiger partial charge in [-0.15, -0.1) is 0 Å². The van der Waals surface area contributed by atoms with E-state index in [0.717, 1.165) is 11.3 Å². The number of thiazole rings is 1. The summed E-state index contributed by atoms with van der Waals surface area (Å²) >= 11 is 1.28. The van der Waals surface area contributed by atoms with Crippen LogP contribution in [0.5, 0.6) is 0 Å². The highest BCUT2D eigenvalue weighted by atomic mass is 32.1. The maximum Gasteiger partial charge on any atom is 0.338 e. The first kappa shape index (κ1) is 19.1. The van der Waals surface area contributed by atoms with Gasteiger partial charge in [0.05, 0.1) is 34.3 Å². The van der Waals surface area contributed by atoms with Crippen LogP contribution in [-0.2, 0) is 10.2 Å². The monoisotopic (exact) mass is 429 g/mol. The van der Waals surface area contributed by atoms with Crippen molar-refractivity contribution in [2.45, 2.75) is 5.41 Å².